The first-order valence-electron chi connectivity index (χ1n) is 12.2. The number of ketones is 1. The van der Waals surface area contributed by atoms with Crippen molar-refractivity contribution in [2.24, 2.45) is 0 Å². The molecule has 0 aromatic heterocycles. The van der Waals surface area contributed by atoms with E-state index >= 15 is 0 Å². The molecule has 1 saturated heterocycles. The SMILES string of the molecule is C=CCOc1ccc(C2/C(=C(\O)c3ccc4c(c3)OCCO4)C(=O)C(=O)N2CCN(CC)CC)cc1. The topological polar surface area (TPSA) is 88.5 Å². The number of carbonyl (C=O) groups excluding carboxylic acids is 2. The summed E-state index contributed by atoms with van der Waals surface area (Å²) in [5.41, 5.74) is 1.15. The lowest BCUT2D eigenvalue weighted by molar-refractivity contribution is -0.140. The Morgan fingerprint density at radius 2 is 1.81 bits per heavy atom. The first-order chi connectivity index (χ1) is 17.5. The highest BCUT2D eigenvalue weighted by Crippen LogP contribution is 2.41. The molecular weight excluding hydrogens is 460 g/mol. The predicted molar refractivity (Wildman–Crippen MR) is 136 cm³/mol. The van der Waals surface area contributed by atoms with Gasteiger partial charge in [0.15, 0.2) is 11.5 Å². The Labute approximate surface area is 211 Å². The lowest BCUT2D eigenvalue weighted by atomic mass is 9.95. The highest BCUT2D eigenvalue weighted by Gasteiger charge is 2.46. The van der Waals surface area contributed by atoms with Gasteiger partial charge in [-0.15, -0.1) is 0 Å². The van der Waals surface area contributed by atoms with E-state index in [-0.39, 0.29) is 11.3 Å². The van der Waals surface area contributed by atoms with Crippen LogP contribution in [-0.4, -0.2) is 72.6 Å². The van der Waals surface area contributed by atoms with Crippen molar-refractivity contribution >= 4 is 17.4 Å². The van der Waals surface area contributed by atoms with Gasteiger partial charge >= 0.3 is 0 Å². The molecule has 2 aliphatic rings. The zero-order chi connectivity index (χ0) is 25.7. The van der Waals surface area contributed by atoms with Gasteiger partial charge < -0.3 is 29.1 Å². The number of carbonyl (C=O) groups is 2. The number of hydrogen-bond donors (Lipinski definition) is 1. The number of ether oxygens (including phenoxy) is 3. The standard InChI is InChI=1S/C28H32N2O6/c1-4-15-34-21-10-7-19(8-11-21)25-24(27(32)28(33)30(25)14-13-29(5-2)6-3)26(31)20-9-12-22-23(18-20)36-17-16-35-22/h4,7-12,18,25,31H,1,5-6,13-17H2,2-3H3/b26-24+. The molecule has 2 aromatic rings. The minimum absolute atomic E-state index is 0.0518. The highest BCUT2D eigenvalue weighted by atomic mass is 16.6. The second-order valence-electron chi connectivity index (χ2n) is 8.55. The molecular formula is C28H32N2O6. The van der Waals surface area contributed by atoms with Gasteiger partial charge in [-0.2, -0.15) is 0 Å². The Hall–Kier alpha value is -3.78. The van der Waals surface area contributed by atoms with E-state index in [1.54, 1.807) is 41.3 Å². The van der Waals surface area contributed by atoms with Gasteiger partial charge in [0.1, 0.15) is 31.3 Å². The maximum absolute atomic E-state index is 13.3. The van der Waals surface area contributed by atoms with Crippen molar-refractivity contribution < 1.29 is 28.9 Å². The number of fused-ring (bicyclic) bond motifs is 1. The number of nitrogens with zero attached hydrogens (tertiary/aromatic N) is 2. The molecule has 8 nitrogen and oxygen atoms in total. The number of likely N-dealkylation sites (tertiary alicyclic amines) is 1. The van der Waals surface area contributed by atoms with Crippen LogP contribution in [0.4, 0.5) is 0 Å². The summed E-state index contributed by atoms with van der Waals surface area (Å²) in [5.74, 6) is 0.126. The quantitative estimate of drug-likeness (QED) is 0.234. The molecule has 8 heteroatoms. The van der Waals surface area contributed by atoms with E-state index in [2.05, 4.69) is 25.3 Å². The Morgan fingerprint density at radius 1 is 1.11 bits per heavy atom. The van der Waals surface area contributed by atoms with E-state index < -0.39 is 17.7 Å². The Kier molecular flexibility index (Phi) is 7.95. The number of Topliss-reactive ketones (excluding diaryl/α,β-unsaturated/α-hetero) is 1. The largest absolute Gasteiger partial charge is 0.507 e. The number of rotatable bonds is 10. The maximum atomic E-state index is 13.3. The van der Waals surface area contributed by atoms with Crippen LogP contribution in [-0.2, 0) is 9.59 Å². The van der Waals surface area contributed by atoms with Crippen molar-refractivity contribution in [1.29, 1.82) is 0 Å². The molecule has 0 radical (unpaired) electrons. The molecule has 0 saturated carbocycles. The lowest BCUT2D eigenvalue weighted by Gasteiger charge is -2.28. The Balaban J connectivity index is 1.75. The van der Waals surface area contributed by atoms with E-state index in [9.17, 15) is 14.7 Å². The molecule has 1 N–H and O–H groups in total. The summed E-state index contributed by atoms with van der Waals surface area (Å²) >= 11 is 0. The van der Waals surface area contributed by atoms with Crippen LogP contribution in [0.3, 0.4) is 0 Å². The van der Waals surface area contributed by atoms with Crippen molar-refractivity contribution in [3.8, 4) is 17.2 Å². The number of aliphatic hydroxyl groups is 1. The van der Waals surface area contributed by atoms with E-state index in [0.717, 1.165) is 13.1 Å². The van der Waals surface area contributed by atoms with Crippen LogP contribution < -0.4 is 14.2 Å². The van der Waals surface area contributed by atoms with Gasteiger partial charge in [0, 0.05) is 18.7 Å². The lowest BCUT2D eigenvalue weighted by Crippen LogP contribution is -2.38. The molecule has 2 aliphatic heterocycles. The molecule has 0 aliphatic carbocycles. The van der Waals surface area contributed by atoms with Crippen molar-refractivity contribution in [3.63, 3.8) is 0 Å². The van der Waals surface area contributed by atoms with Gasteiger partial charge in [-0.05, 0) is 49.0 Å². The monoisotopic (exact) mass is 492 g/mol. The minimum Gasteiger partial charge on any atom is -0.507 e. The van der Waals surface area contributed by atoms with Gasteiger partial charge in [-0.25, -0.2) is 0 Å². The molecule has 1 amide bonds. The third-order valence-corrected chi connectivity index (χ3v) is 6.47. The van der Waals surface area contributed by atoms with Gasteiger partial charge in [0.2, 0.25) is 0 Å². The van der Waals surface area contributed by atoms with Crippen LogP contribution in [0.5, 0.6) is 17.2 Å². The Bertz CT molecular complexity index is 1150. The fourth-order valence-corrected chi connectivity index (χ4v) is 4.49. The predicted octanol–water partition coefficient (Wildman–Crippen LogP) is 3.79. The average molecular weight is 493 g/mol. The van der Waals surface area contributed by atoms with Crippen molar-refractivity contribution in [3.05, 3.63) is 71.8 Å². The zero-order valence-electron chi connectivity index (χ0n) is 20.7. The number of amides is 1. The molecule has 4 rings (SSSR count). The van der Waals surface area contributed by atoms with Crippen molar-refractivity contribution in [1.82, 2.24) is 9.80 Å². The molecule has 190 valence electrons. The molecule has 2 aromatic carbocycles. The molecule has 0 bridgehead atoms. The second-order valence-corrected chi connectivity index (χ2v) is 8.55. The van der Waals surface area contributed by atoms with Crippen LogP contribution in [0, 0.1) is 0 Å². The van der Waals surface area contributed by atoms with Crippen LogP contribution in [0.2, 0.25) is 0 Å². The minimum atomic E-state index is -0.734. The fraction of sp³-hybridized carbons (Fsp3) is 0.357. The van der Waals surface area contributed by atoms with E-state index in [0.29, 0.717) is 61.3 Å². The van der Waals surface area contributed by atoms with Crippen molar-refractivity contribution in [2.45, 2.75) is 19.9 Å². The maximum Gasteiger partial charge on any atom is 0.295 e. The summed E-state index contributed by atoms with van der Waals surface area (Å²) in [5, 5.41) is 11.3. The fourth-order valence-electron chi connectivity index (χ4n) is 4.49. The van der Waals surface area contributed by atoms with Crippen LogP contribution in [0.15, 0.2) is 60.7 Å². The van der Waals surface area contributed by atoms with E-state index in [1.165, 1.54) is 0 Å². The highest BCUT2D eigenvalue weighted by molar-refractivity contribution is 6.46. The number of benzene rings is 2. The van der Waals surface area contributed by atoms with Crippen LogP contribution >= 0.6 is 0 Å². The number of likely N-dealkylation sites (N-methyl/N-ethyl adjacent to an activating group) is 1. The third-order valence-electron chi connectivity index (χ3n) is 6.47. The molecule has 0 spiro atoms. The summed E-state index contributed by atoms with van der Waals surface area (Å²) < 4.78 is 16.8. The van der Waals surface area contributed by atoms with E-state index in [1.807, 2.05) is 12.1 Å². The molecule has 36 heavy (non-hydrogen) atoms. The van der Waals surface area contributed by atoms with Gasteiger partial charge in [0.25, 0.3) is 11.7 Å². The van der Waals surface area contributed by atoms with Crippen LogP contribution in [0.1, 0.15) is 31.0 Å². The molecule has 1 unspecified atom stereocenters. The first-order valence-corrected chi connectivity index (χ1v) is 12.2. The average Bonchev–Trinajstić information content (AvgIpc) is 3.17. The van der Waals surface area contributed by atoms with E-state index in [4.69, 9.17) is 14.2 Å². The Morgan fingerprint density at radius 3 is 2.47 bits per heavy atom. The number of hydrogen-bond acceptors (Lipinski definition) is 7. The number of aliphatic hydroxyl groups excluding tert-OH is 1. The van der Waals surface area contributed by atoms with Gasteiger partial charge in [-0.1, -0.05) is 38.6 Å². The zero-order valence-corrected chi connectivity index (χ0v) is 20.7. The normalized spacial score (nSPS) is 18.5. The first kappa shape index (κ1) is 25.3. The van der Waals surface area contributed by atoms with Gasteiger partial charge in [0.05, 0.1) is 11.6 Å². The summed E-state index contributed by atoms with van der Waals surface area (Å²) in [6, 6.07) is 11.5. The summed E-state index contributed by atoms with van der Waals surface area (Å²) in [6.45, 7) is 11.6. The van der Waals surface area contributed by atoms with Crippen LogP contribution in [0.25, 0.3) is 5.76 Å². The smallest absolute Gasteiger partial charge is 0.295 e. The third kappa shape index (κ3) is 5.09. The molecule has 2 heterocycles. The summed E-state index contributed by atoms with van der Waals surface area (Å²) in [4.78, 5) is 30.2. The van der Waals surface area contributed by atoms with Crippen molar-refractivity contribution in [2.75, 3.05) is 46.0 Å². The second kappa shape index (κ2) is 11.3. The summed E-state index contributed by atoms with van der Waals surface area (Å²) in [7, 11) is 0. The molecule has 1 fully saturated rings. The summed E-state index contributed by atoms with van der Waals surface area (Å²) in [6.07, 6.45) is 1.66. The molecule has 1 atom stereocenters. The van der Waals surface area contributed by atoms with Gasteiger partial charge in [-0.3, -0.25) is 9.59 Å².